The maximum atomic E-state index is 12.4. The van der Waals surface area contributed by atoms with Crippen LogP contribution in [0.1, 0.15) is 21.5 Å². The van der Waals surface area contributed by atoms with Gasteiger partial charge in [-0.15, -0.1) is 0 Å². The molecule has 1 N–H and O–H groups in total. The number of alkyl halides is 3. The molecular weight excluding hydrogens is 317 g/mol. The van der Waals surface area contributed by atoms with Crippen molar-refractivity contribution in [2.75, 3.05) is 0 Å². The lowest BCUT2D eigenvalue weighted by molar-refractivity contribution is -0.137. The smallest absolute Gasteiger partial charge is 0.267 e. The van der Waals surface area contributed by atoms with Crippen molar-refractivity contribution < 1.29 is 18.0 Å². The minimum absolute atomic E-state index is 0.369. The topological polar surface area (TPSA) is 41.5 Å². The molecule has 0 spiro atoms. The summed E-state index contributed by atoms with van der Waals surface area (Å²) in [5.41, 5.74) is 2.34. The van der Waals surface area contributed by atoms with E-state index in [1.54, 1.807) is 12.1 Å². The highest BCUT2D eigenvalue weighted by molar-refractivity contribution is 6.30. The van der Waals surface area contributed by atoms with Crippen molar-refractivity contribution in [3.8, 4) is 0 Å². The Kier molecular flexibility index (Phi) is 4.82. The molecule has 0 unspecified atom stereocenters. The van der Waals surface area contributed by atoms with Crippen LogP contribution < -0.4 is 5.43 Å². The molecule has 0 saturated heterocycles. The Morgan fingerprint density at radius 2 is 1.64 bits per heavy atom. The molecule has 1 amide bonds. The molecule has 2 aromatic rings. The molecule has 114 valence electrons. The number of benzene rings is 2. The van der Waals surface area contributed by atoms with Gasteiger partial charge in [0.15, 0.2) is 0 Å². The zero-order valence-corrected chi connectivity index (χ0v) is 11.8. The van der Waals surface area contributed by atoms with Crippen LogP contribution in [0.15, 0.2) is 53.6 Å². The van der Waals surface area contributed by atoms with E-state index < -0.39 is 17.6 Å². The van der Waals surface area contributed by atoms with Crippen LogP contribution >= 0.6 is 11.6 Å². The minimum Gasteiger partial charge on any atom is -0.267 e. The van der Waals surface area contributed by atoms with Crippen molar-refractivity contribution in [2.45, 2.75) is 6.18 Å². The van der Waals surface area contributed by atoms with Crippen LogP contribution in [0.3, 0.4) is 0 Å². The van der Waals surface area contributed by atoms with E-state index in [-0.39, 0.29) is 0 Å². The molecule has 0 aliphatic rings. The molecule has 0 atom stereocenters. The van der Waals surface area contributed by atoms with Crippen LogP contribution in [0.2, 0.25) is 5.02 Å². The Labute approximate surface area is 129 Å². The largest absolute Gasteiger partial charge is 0.416 e. The predicted octanol–water partition coefficient (Wildman–Crippen LogP) is 4.12. The van der Waals surface area contributed by atoms with Crippen LogP contribution in [0.25, 0.3) is 0 Å². The lowest BCUT2D eigenvalue weighted by atomic mass is 10.1. The van der Waals surface area contributed by atoms with Gasteiger partial charge in [-0.05, 0) is 42.0 Å². The van der Waals surface area contributed by atoms with Crippen molar-refractivity contribution in [1.82, 2.24) is 5.43 Å². The number of rotatable bonds is 3. The lowest BCUT2D eigenvalue weighted by Gasteiger charge is -2.05. The third-order valence-electron chi connectivity index (χ3n) is 2.72. The van der Waals surface area contributed by atoms with Crippen LogP contribution in [-0.4, -0.2) is 12.1 Å². The lowest BCUT2D eigenvalue weighted by Crippen LogP contribution is -2.17. The van der Waals surface area contributed by atoms with Crippen molar-refractivity contribution in [3.63, 3.8) is 0 Å². The Balaban J connectivity index is 1.97. The summed E-state index contributed by atoms with van der Waals surface area (Å²) in [6, 6.07) is 10.6. The van der Waals surface area contributed by atoms with Gasteiger partial charge in [0.2, 0.25) is 0 Å². The molecule has 0 saturated carbocycles. The minimum atomic E-state index is -4.38. The molecule has 0 bridgehead atoms. The number of nitrogens with zero attached hydrogens (tertiary/aromatic N) is 1. The summed E-state index contributed by atoms with van der Waals surface area (Å²) in [6.07, 6.45) is -3.12. The molecule has 0 radical (unpaired) electrons. The number of halogens is 4. The second kappa shape index (κ2) is 6.62. The van der Waals surface area contributed by atoms with Crippen LogP contribution in [0.5, 0.6) is 0 Å². The normalized spacial score (nSPS) is 11.6. The molecule has 2 aromatic carbocycles. The average Bonchev–Trinajstić information content (AvgIpc) is 2.47. The number of carbonyl (C=O) groups is 1. The van der Waals surface area contributed by atoms with Gasteiger partial charge >= 0.3 is 6.18 Å². The summed E-state index contributed by atoms with van der Waals surface area (Å²) < 4.78 is 37.2. The summed E-state index contributed by atoms with van der Waals surface area (Å²) >= 11 is 5.70. The van der Waals surface area contributed by atoms with Gasteiger partial charge in [0.1, 0.15) is 0 Å². The van der Waals surface area contributed by atoms with Gasteiger partial charge in [-0.2, -0.15) is 18.3 Å². The number of hydrogen-bond donors (Lipinski definition) is 1. The highest BCUT2D eigenvalue weighted by atomic mass is 35.5. The van der Waals surface area contributed by atoms with E-state index in [0.717, 1.165) is 12.1 Å². The summed E-state index contributed by atoms with van der Waals surface area (Å²) in [5, 5.41) is 4.20. The number of amides is 1. The Morgan fingerprint density at radius 1 is 1.05 bits per heavy atom. The first-order chi connectivity index (χ1) is 10.4. The van der Waals surface area contributed by atoms with Gasteiger partial charge in [-0.1, -0.05) is 23.7 Å². The monoisotopic (exact) mass is 326 g/mol. The van der Waals surface area contributed by atoms with Crippen molar-refractivity contribution in [1.29, 1.82) is 0 Å². The fourth-order valence-electron chi connectivity index (χ4n) is 1.59. The Morgan fingerprint density at radius 3 is 2.18 bits per heavy atom. The van der Waals surface area contributed by atoms with Gasteiger partial charge < -0.3 is 0 Å². The van der Waals surface area contributed by atoms with E-state index in [1.165, 1.54) is 30.5 Å². The molecule has 0 aliphatic heterocycles. The zero-order valence-electron chi connectivity index (χ0n) is 11.1. The standard InChI is InChI=1S/C15H10ClF3N2O/c16-13-7-3-11(4-8-13)14(22)21-20-9-10-1-5-12(6-2-10)15(17,18)19/h1-9H,(H,21,22)/b20-9-. The van der Waals surface area contributed by atoms with Crippen molar-refractivity contribution >= 4 is 23.7 Å². The average molecular weight is 327 g/mol. The third kappa shape index (κ3) is 4.33. The summed E-state index contributed by atoms with van der Waals surface area (Å²) in [7, 11) is 0. The second-order valence-electron chi connectivity index (χ2n) is 4.33. The summed E-state index contributed by atoms with van der Waals surface area (Å²) in [5.74, 6) is -0.445. The van der Waals surface area contributed by atoms with Gasteiger partial charge in [-0.25, -0.2) is 5.43 Å². The highest BCUT2D eigenvalue weighted by Crippen LogP contribution is 2.28. The summed E-state index contributed by atoms with van der Waals surface area (Å²) in [6.45, 7) is 0. The fraction of sp³-hybridized carbons (Fsp3) is 0.0667. The van der Waals surface area contributed by atoms with Gasteiger partial charge in [0, 0.05) is 10.6 Å². The SMILES string of the molecule is O=C(N/N=C\c1ccc(C(F)(F)F)cc1)c1ccc(Cl)cc1. The Hall–Kier alpha value is -2.34. The maximum Gasteiger partial charge on any atom is 0.416 e. The third-order valence-corrected chi connectivity index (χ3v) is 2.98. The van der Waals surface area contributed by atoms with Crippen LogP contribution in [0, 0.1) is 0 Å². The van der Waals surface area contributed by atoms with Gasteiger partial charge in [-0.3, -0.25) is 4.79 Å². The van der Waals surface area contributed by atoms with E-state index in [9.17, 15) is 18.0 Å². The molecule has 0 aromatic heterocycles. The zero-order chi connectivity index (χ0) is 16.2. The number of carbonyl (C=O) groups excluding carboxylic acids is 1. The maximum absolute atomic E-state index is 12.4. The number of hydrazone groups is 1. The van der Waals surface area contributed by atoms with Crippen LogP contribution in [0.4, 0.5) is 13.2 Å². The predicted molar refractivity (Wildman–Crippen MR) is 78.0 cm³/mol. The molecule has 3 nitrogen and oxygen atoms in total. The quantitative estimate of drug-likeness (QED) is 0.669. The highest BCUT2D eigenvalue weighted by Gasteiger charge is 2.29. The summed E-state index contributed by atoms with van der Waals surface area (Å²) in [4.78, 5) is 11.7. The van der Waals surface area contributed by atoms with Crippen LogP contribution in [-0.2, 0) is 6.18 Å². The molecule has 0 heterocycles. The molecule has 7 heteroatoms. The van der Waals surface area contributed by atoms with E-state index in [1.807, 2.05) is 0 Å². The Bertz CT molecular complexity index is 679. The fourth-order valence-corrected chi connectivity index (χ4v) is 1.72. The molecular formula is C15H10ClF3N2O. The van der Waals surface area contributed by atoms with Gasteiger partial charge in [0.25, 0.3) is 5.91 Å². The van der Waals surface area contributed by atoms with E-state index >= 15 is 0 Å². The molecule has 22 heavy (non-hydrogen) atoms. The second-order valence-corrected chi connectivity index (χ2v) is 4.76. The first kappa shape index (κ1) is 16.0. The first-order valence-electron chi connectivity index (χ1n) is 6.12. The van der Waals surface area contributed by atoms with Crippen molar-refractivity contribution in [2.24, 2.45) is 5.10 Å². The number of nitrogens with one attached hydrogen (secondary N) is 1. The van der Waals surface area contributed by atoms with Gasteiger partial charge in [0.05, 0.1) is 11.8 Å². The van der Waals surface area contributed by atoms with E-state index in [2.05, 4.69) is 10.5 Å². The molecule has 2 rings (SSSR count). The number of hydrogen-bond acceptors (Lipinski definition) is 2. The van der Waals surface area contributed by atoms with E-state index in [0.29, 0.717) is 16.1 Å². The molecule has 0 aliphatic carbocycles. The van der Waals surface area contributed by atoms with Crippen molar-refractivity contribution in [3.05, 3.63) is 70.2 Å². The van der Waals surface area contributed by atoms with E-state index in [4.69, 9.17) is 11.6 Å². The first-order valence-corrected chi connectivity index (χ1v) is 6.50. The molecule has 0 fully saturated rings.